The highest BCUT2D eigenvalue weighted by molar-refractivity contribution is 14.0. The number of nitrogens with zero attached hydrogens (tertiary/aromatic N) is 4. The molecule has 5 nitrogen and oxygen atoms in total. The predicted octanol–water partition coefficient (Wildman–Crippen LogP) is 4.04. The number of unbranched alkanes of at least 4 members (excludes halogenated alkanes) is 1. The Labute approximate surface area is 178 Å². The van der Waals surface area contributed by atoms with Gasteiger partial charge in [-0.2, -0.15) is 5.10 Å². The molecule has 148 valence electrons. The molecule has 0 saturated carbocycles. The first-order valence-corrected chi connectivity index (χ1v) is 9.05. The van der Waals surface area contributed by atoms with Crippen LogP contribution in [-0.2, 0) is 6.42 Å². The van der Waals surface area contributed by atoms with Crippen LogP contribution in [0.1, 0.15) is 25.5 Å². The van der Waals surface area contributed by atoms with Crippen LogP contribution in [0, 0.1) is 5.82 Å². The number of aromatic nitrogens is 2. The monoisotopic (exact) mass is 485 g/mol. The van der Waals surface area contributed by atoms with Crippen molar-refractivity contribution in [2.24, 2.45) is 4.99 Å². The molecule has 1 heterocycles. The molecule has 0 spiro atoms. The van der Waals surface area contributed by atoms with Crippen LogP contribution >= 0.6 is 24.0 Å². The molecule has 7 heteroatoms. The SMILES string of the molecule is C=CCCCN(C)C(=NCCc1ccn(-c2ccc(F)cc2)n1)NCC.I. The molecule has 0 aliphatic carbocycles. The van der Waals surface area contributed by atoms with Crippen LogP contribution in [-0.4, -0.2) is 47.3 Å². The summed E-state index contributed by atoms with van der Waals surface area (Å²) in [5.74, 6) is 0.665. The van der Waals surface area contributed by atoms with Gasteiger partial charge < -0.3 is 10.2 Å². The van der Waals surface area contributed by atoms with Crippen molar-refractivity contribution >= 4 is 29.9 Å². The van der Waals surface area contributed by atoms with Crippen molar-refractivity contribution < 1.29 is 4.39 Å². The lowest BCUT2D eigenvalue weighted by atomic mass is 10.3. The Morgan fingerprint density at radius 3 is 2.74 bits per heavy atom. The summed E-state index contributed by atoms with van der Waals surface area (Å²) in [6, 6.07) is 8.27. The van der Waals surface area contributed by atoms with Crippen LogP contribution in [0.3, 0.4) is 0 Å². The van der Waals surface area contributed by atoms with E-state index in [2.05, 4.69) is 33.8 Å². The first-order valence-electron chi connectivity index (χ1n) is 9.05. The Morgan fingerprint density at radius 2 is 2.07 bits per heavy atom. The van der Waals surface area contributed by atoms with Gasteiger partial charge in [-0.25, -0.2) is 9.07 Å². The number of nitrogens with one attached hydrogen (secondary N) is 1. The van der Waals surface area contributed by atoms with Crippen LogP contribution in [0.15, 0.2) is 54.2 Å². The number of rotatable bonds is 9. The topological polar surface area (TPSA) is 45.5 Å². The fourth-order valence-corrected chi connectivity index (χ4v) is 2.56. The van der Waals surface area contributed by atoms with E-state index < -0.39 is 0 Å². The lowest BCUT2D eigenvalue weighted by Gasteiger charge is -2.21. The van der Waals surface area contributed by atoms with Gasteiger partial charge in [0.15, 0.2) is 5.96 Å². The van der Waals surface area contributed by atoms with Gasteiger partial charge in [-0.1, -0.05) is 6.08 Å². The number of allylic oxidation sites excluding steroid dienone is 1. The van der Waals surface area contributed by atoms with Crippen LogP contribution < -0.4 is 5.32 Å². The zero-order valence-corrected chi connectivity index (χ0v) is 18.4. The van der Waals surface area contributed by atoms with Gasteiger partial charge in [0, 0.05) is 39.3 Å². The van der Waals surface area contributed by atoms with Gasteiger partial charge in [-0.05, 0) is 50.1 Å². The molecule has 0 unspecified atom stereocenters. The van der Waals surface area contributed by atoms with Gasteiger partial charge in [-0.15, -0.1) is 30.6 Å². The first kappa shape index (κ1) is 23.1. The van der Waals surface area contributed by atoms with E-state index in [9.17, 15) is 4.39 Å². The number of guanidine groups is 1. The quantitative estimate of drug-likeness (QED) is 0.192. The fourth-order valence-electron chi connectivity index (χ4n) is 2.56. The molecule has 1 aromatic carbocycles. The largest absolute Gasteiger partial charge is 0.357 e. The second-order valence-electron chi connectivity index (χ2n) is 6.07. The Morgan fingerprint density at radius 1 is 1.33 bits per heavy atom. The highest BCUT2D eigenvalue weighted by Gasteiger charge is 2.06. The molecule has 0 saturated heterocycles. The number of aliphatic imine (C=N–C) groups is 1. The van der Waals surface area contributed by atoms with Crippen LogP contribution in [0.25, 0.3) is 5.69 Å². The molecule has 0 atom stereocenters. The molecule has 27 heavy (non-hydrogen) atoms. The molecular weight excluding hydrogens is 456 g/mol. The summed E-state index contributed by atoms with van der Waals surface area (Å²) in [4.78, 5) is 6.83. The minimum Gasteiger partial charge on any atom is -0.357 e. The van der Waals surface area contributed by atoms with Crippen LogP contribution in [0.5, 0.6) is 0 Å². The van der Waals surface area contributed by atoms with E-state index in [1.165, 1.54) is 12.1 Å². The summed E-state index contributed by atoms with van der Waals surface area (Å²) in [6.07, 6.45) is 6.65. The Kier molecular flexibility index (Phi) is 10.7. The third kappa shape index (κ3) is 7.70. The van der Waals surface area contributed by atoms with E-state index >= 15 is 0 Å². The van der Waals surface area contributed by atoms with Crippen molar-refractivity contribution in [3.63, 3.8) is 0 Å². The van der Waals surface area contributed by atoms with E-state index in [1.807, 2.05) is 25.4 Å². The van der Waals surface area contributed by atoms with E-state index in [-0.39, 0.29) is 29.8 Å². The van der Waals surface area contributed by atoms with Crippen LogP contribution in [0.2, 0.25) is 0 Å². The van der Waals surface area contributed by atoms with E-state index in [4.69, 9.17) is 0 Å². The molecule has 1 N–H and O–H groups in total. The lowest BCUT2D eigenvalue weighted by molar-refractivity contribution is 0.470. The summed E-state index contributed by atoms with van der Waals surface area (Å²) in [6.45, 7) is 8.26. The van der Waals surface area contributed by atoms with E-state index in [0.717, 1.165) is 49.7 Å². The highest BCUT2D eigenvalue weighted by atomic mass is 127. The molecule has 0 radical (unpaired) electrons. The Balaban J connectivity index is 0.00000364. The molecular formula is C20H29FIN5. The summed E-state index contributed by atoms with van der Waals surface area (Å²) >= 11 is 0. The van der Waals surface area contributed by atoms with E-state index in [1.54, 1.807) is 16.8 Å². The zero-order chi connectivity index (χ0) is 18.8. The van der Waals surface area contributed by atoms with Crippen molar-refractivity contribution in [2.45, 2.75) is 26.2 Å². The van der Waals surface area contributed by atoms with E-state index in [0.29, 0.717) is 6.54 Å². The second-order valence-corrected chi connectivity index (χ2v) is 6.07. The minimum absolute atomic E-state index is 0. The molecule has 0 amide bonds. The predicted molar refractivity (Wildman–Crippen MR) is 121 cm³/mol. The van der Waals surface area contributed by atoms with Crippen molar-refractivity contribution in [2.75, 3.05) is 26.7 Å². The third-order valence-corrected chi connectivity index (χ3v) is 3.96. The number of hydrogen-bond acceptors (Lipinski definition) is 2. The molecule has 2 aromatic rings. The summed E-state index contributed by atoms with van der Waals surface area (Å²) < 4.78 is 14.8. The van der Waals surface area contributed by atoms with Gasteiger partial charge in [0.25, 0.3) is 0 Å². The fraction of sp³-hybridized carbons (Fsp3) is 0.400. The summed E-state index contributed by atoms with van der Waals surface area (Å²) in [5, 5.41) is 7.86. The van der Waals surface area contributed by atoms with Crippen molar-refractivity contribution in [1.29, 1.82) is 0 Å². The third-order valence-electron chi connectivity index (χ3n) is 3.96. The minimum atomic E-state index is -0.247. The van der Waals surface area contributed by atoms with Crippen LogP contribution in [0.4, 0.5) is 4.39 Å². The Bertz CT molecular complexity index is 711. The molecule has 0 bridgehead atoms. The molecule has 0 fully saturated rings. The Hall–Kier alpha value is -1.90. The number of benzene rings is 1. The first-order chi connectivity index (χ1) is 12.6. The summed E-state index contributed by atoms with van der Waals surface area (Å²) in [7, 11) is 2.05. The van der Waals surface area contributed by atoms with Gasteiger partial charge in [0.05, 0.1) is 11.4 Å². The maximum atomic E-state index is 13.0. The van der Waals surface area contributed by atoms with Gasteiger partial charge in [0.2, 0.25) is 0 Å². The maximum Gasteiger partial charge on any atom is 0.193 e. The number of halogens is 2. The van der Waals surface area contributed by atoms with Gasteiger partial charge in [-0.3, -0.25) is 4.99 Å². The molecule has 2 rings (SSSR count). The van der Waals surface area contributed by atoms with Gasteiger partial charge in [0.1, 0.15) is 5.82 Å². The summed E-state index contributed by atoms with van der Waals surface area (Å²) in [5.41, 5.74) is 1.81. The highest BCUT2D eigenvalue weighted by Crippen LogP contribution is 2.09. The standard InChI is InChI=1S/C20H28FN5.HI/c1-4-6-7-15-25(3)20(22-5-2)23-14-12-18-13-16-26(24-18)19-10-8-17(21)9-11-19;/h4,8-11,13,16H,1,5-7,12,14-15H2,2-3H3,(H,22,23);1H. The van der Waals surface area contributed by atoms with Crippen molar-refractivity contribution in [3.05, 3.63) is 60.7 Å². The molecule has 0 aliphatic rings. The molecule has 0 aliphatic heterocycles. The smallest absolute Gasteiger partial charge is 0.193 e. The maximum absolute atomic E-state index is 13.0. The van der Waals surface area contributed by atoms with Gasteiger partial charge >= 0.3 is 0 Å². The average Bonchev–Trinajstić information content (AvgIpc) is 3.10. The number of hydrogen-bond donors (Lipinski definition) is 1. The van der Waals surface area contributed by atoms with Crippen molar-refractivity contribution in [1.82, 2.24) is 20.0 Å². The second kappa shape index (κ2) is 12.5. The van der Waals surface area contributed by atoms with Crippen molar-refractivity contribution in [3.8, 4) is 5.69 Å². The normalized spacial score (nSPS) is 11.0. The molecule has 1 aromatic heterocycles. The zero-order valence-electron chi connectivity index (χ0n) is 16.1. The lowest BCUT2D eigenvalue weighted by Crippen LogP contribution is -2.39. The average molecular weight is 485 g/mol.